The van der Waals surface area contributed by atoms with Gasteiger partial charge in [0, 0.05) is 23.5 Å². The molecule has 0 atom stereocenters. The highest BCUT2D eigenvalue weighted by Gasteiger charge is 2.29. The van der Waals surface area contributed by atoms with Crippen molar-refractivity contribution in [2.75, 3.05) is 11.1 Å². The van der Waals surface area contributed by atoms with Crippen LogP contribution in [0.15, 0.2) is 72.9 Å². The Morgan fingerprint density at radius 2 is 1.81 bits per heavy atom. The van der Waals surface area contributed by atoms with Gasteiger partial charge in [0.1, 0.15) is 6.61 Å². The number of rotatable bonds is 7. The number of aromatic nitrogens is 1. The van der Waals surface area contributed by atoms with Crippen LogP contribution in [-0.2, 0) is 17.9 Å². The number of carbonyl (C=O) groups excluding carboxylic acids is 3. The number of benzene rings is 2. The number of hydrogen-bond acceptors (Lipinski definition) is 6. The zero-order chi connectivity index (χ0) is 21.6. The van der Waals surface area contributed by atoms with Crippen LogP contribution in [-0.4, -0.2) is 32.7 Å². The maximum absolute atomic E-state index is 12.6. The van der Waals surface area contributed by atoms with Crippen LogP contribution < -0.4 is 10.1 Å². The molecule has 31 heavy (non-hydrogen) atoms. The third-order valence-corrected chi connectivity index (χ3v) is 5.48. The second-order valence-corrected chi connectivity index (χ2v) is 7.77. The lowest BCUT2D eigenvalue weighted by Gasteiger charge is -2.13. The highest BCUT2D eigenvalue weighted by Crippen LogP contribution is 2.22. The third kappa shape index (κ3) is 5.29. The minimum Gasteiger partial charge on any atom is -0.473 e. The van der Waals surface area contributed by atoms with E-state index < -0.39 is 0 Å². The van der Waals surface area contributed by atoms with E-state index >= 15 is 0 Å². The van der Waals surface area contributed by atoms with Crippen LogP contribution in [0.4, 0.5) is 10.5 Å². The van der Waals surface area contributed by atoms with E-state index in [1.165, 1.54) is 11.1 Å². The summed E-state index contributed by atoms with van der Waals surface area (Å²) in [6.45, 7) is 0.590. The van der Waals surface area contributed by atoms with Crippen LogP contribution in [0.5, 0.6) is 5.88 Å². The number of anilines is 1. The number of hydrogen-bond donors (Lipinski definition) is 1. The second kappa shape index (κ2) is 9.44. The van der Waals surface area contributed by atoms with E-state index in [1.54, 1.807) is 36.4 Å². The zero-order valence-electron chi connectivity index (χ0n) is 16.5. The summed E-state index contributed by atoms with van der Waals surface area (Å²) >= 11 is 1.01. The largest absolute Gasteiger partial charge is 0.473 e. The van der Waals surface area contributed by atoms with Crippen LogP contribution in [0, 0.1) is 0 Å². The van der Waals surface area contributed by atoms with Gasteiger partial charge in [-0.1, -0.05) is 54.2 Å². The fraction of sp³-hybridized carbons (Fsp3) is 0.130. The Balaban J connectivity index is 1.35. The lowest BCUT2D eigenvalue weighted by atomic mass is 10.2. The van der Waals surface area contributed by atoms with Crippen LogP contribution in [0.25, 0.3) is 0 Å². The quantitative estimate of drug-likeness (QED) is 0.603. The summed E-state index contributed by atoms with van der Waals surface area (Å²) < 4.78 is 5.68. The van der Waals surface area contributed by atoms with Crippen molar-refractivity contribution >= 4 is 34.5 Å². The fourth-order valence-electron chi connectivity index (χ4n) is 2.97. The van der Waals surface area contributed by atoms with E-state index in [9.17, 15) is 14.4 Å². The average molecular weight is 433 g/mol. The van der Waals surface area contributed by atoms with Crippen molar-refractivity contribution in [3.63, 3.8) is 0 Å². The maximum Gasteiger partial charge on any atom is 0.289 e. The molecule has 0 aliphatic carbocycles. The van der Waals surface area contributed by atoms with Crippen molar-refractivity contribution in [3.8, 4) is 5.88 Å². The number of pyridine rings is 1. The minimum absolute atomic E-state index is 0.185. The topological polar surface area (TPSA) is 88.6 Å². The van der Waals surface area contributed by atoms with E-state index in [2.05, 4.69) is 10.3 Å². The molecule has 156 valence electrons. The van der Waals surface area contributed by atoms with Gasteiger partial charge in [-0.05, 0) is 29.3 Å². The molecular formula is C23H19N3O4S. The van der Waals surface area contributed by atoms with Gasteiger partial charge in [0.05, 0.1) is 12.3 Å². The summed E-state index contributed by atoms with van der Waals surface area (Å²) in [5.41, 5.74) is 2.84. The molecule has 0 bridgehead atoms. The van der Waals surface area contributed by atoms with Crippen molar-refractivity contribution in [1.29, 1.82) is 0 Å². The summed E-state index contributed by atoms with van der Waals surface area (Å²) in [5.74, 6) is 0.0803. The summed E-state index contributed by atoms with van der Waals surface area (Å²) in [4.78, 5) is 41.4. The van der Waals surface area contributed by atoms with Gasteiger partial charge in [-0.2, -0.15) is 0 Å². The van der Waals surface area contributed by atoms with E-state index in [1.807, 2.05) is 30.3 Å². The molecule has 3 amide bonds. The molecule has 4 rings (SSSR count). The van der Waals surface area contributed by atoms with E-state index in [4.69, 9.17) is 4.74 Å². The normalized spacial score (nSPS) is 13.4. The van der Waals surface area contributed by atoms with Crippen LogP contribution in [0.1, 0.15) is 21.5 Å². The maximum atomic E-state index is 12.6. The summed E-state index contributed by atoms with van der Waals surface area (Å²) in [7, 11) is 0. The van der Waals surface area contributed by atoms with Gasteiger partial charge < -0.3 is 10.1 Å². The molecule has 1 N–H and O–H groups in total. The monoisotopic (exact) mass is 433 g/mol. The number of imide groups is 1. The Hall–Kier alpha value is -3.65. The van der Waals surface area contributed by atoms with Crippen molar-refractivity contribution in [2.24, 2.45) is 0 Å². The first-order chi connectivity index (χ1) is 15.1. The van der Waals surface area contributed by atoms with Crippen LogP contribution in [0.3, 0.4) is 0 Å². The lowest BCUT2D eigenvalue weighted by Crippen LogP contribution is -2.27. The summed E-state index contributed by atoms with van der Waals surface area (Å²) in [5, 5.41) is 2.59. The summed E-state index contributed by atoms with van der Waals surface area (Å²) in [6.07, 6.45) is 1.53. The molecule has 0 unspecified atom stereocenters. The van der Waals surface area contributed by atoms with E-state index in [0.717, 1.165) is 22.9 Å². The lowest BCUT2D eigenvalue weighted by molar-refractivity contribution is -0.125. The van der Waals surface area contributed by atoms with Gasteiger partial charge in [0.25, 0.3) is 11.1 Å². The Morgan fingerprint density at radius 1 is 1.03 bits per heavy atom. The third-order valence-electron chi connectivity index (χ3n) is 4.62. The standard InChI is InChI=1S/C23H19N3O4S/c27-21-15-31-23(29)26(21)13-16-6-8-19(9-7-16)25-22(28)18-10-11-24-20(12-18)30-14-17-4-2-1-3-5-17/h1-12H,13-15H2,(H,25,28). The number of carbonyl (C=O) groups is 3. The van der Waals surface area contributed by atoms with Crippen LogP contribution in [0.2, 0.25) is 0 Å². The first kappa shape index (κ1) is 20.6. The van der Waals surface area contributed by atoms with Crippen molar-refractivity contribution in [2.45, 2.75) is 13.2 Å². The molecule has 1 aromatic heterocycles. The predicted molar refractivity (Wildman–Crippen MR) is 118 cm³/mol. The van der Waals surface area contributed by atoms with Gasteiger partial charge in [-0.15, -0.1) is 0 Å². The highest BCUT2D eigenvalue weighted by atomic mass is 32.2. The molecule has 2 aromatic carbocycles. The van der Waals surface area contributed by atoms with E-state index in [-0.39, 0.29) is 29.4 Å². The van der Waals surface area contributed by atoms with Gasteiger partial charge in [0.15, 0.2) is 0 Å². The molecule has 1 saturated heterocycles. The second-order valence-electron chi connectivity index (χ2n) is 6.84. The van der Waals surface area contributed by atoms with Crippen molar-refractivity contribution in [3.05, 3.63) is 89.6 Å². The molecule has 2 heterocycles. The number of nitrogens with one attached hydrogen (secondary N) is 1. The smallest absolute Gasteiger partial charge is 0.289 e. The molecule has 1 aliphatic rings. The molecule has 0 radical (unpaired) electrons. The Bertz CT molecular complexity index is 1090. The van der Waals surface area contributed by atoms with Gasteiger partial charge >= 0.3 is 0 Å². The predicted octanol–water partition coefficient (Wildman–Crippen LogP) is 4.11. The molecule has 1 aliphatic heterocycles. The zero-order valence-corrected chi connectivity index (χ0v) is 17.3. The molecular weight excluding hydrogens is 414 g/mol. The molecule has 1 fully saturated rings. The van der Waals surface area contributed by atoms with Crippen molar-refractivity contribution < 1.29 is 19.1 Å². The highest BCUT2D eigenvalue weighted by molar-refractivity contribution is 8.14. The average Bonchev–Trinajstić information content (AvgIpc) is 3.12. The molecule has 7 nitrogen and oxygen atoms in total. The molecule has 0 saturated carbocycles. The van der Waals surface area contributed by atoms with Gasteiger partial charge in [-0.25, -0.2) is 4.98 Å². The number of nitrogens with zero attached hydrogens (tertiary/aromatic N) is 2. The van der Waals surface area contributed by atoms with Gasteiger partial charge in [0.2, 0.25) is 11.8 Å². The van der Waals surface area contributed by atoms with Crippen molar-refractivity contribution in [1.82, 2.24) is 9.88 Å². The van der Waals surface area contributed by atoms with Gasteiger partial charge in [-0.3, -0.25) is 19.3 Å². The summed E-state index contributed by atoms with van der Waals surface area (Å²) in [6, 6.07) is 19.9. The SMILES string of the molecule is O=C(Nc1ccc(CN2C(=O)CSC2=O)cc1)c1ccnc(OCc2ccccc2)c1. The molecule has 3 aromatic rings. The van der Waals surface area contributed by atoms with E-state index in [0.29, 0.717) is 23.7 Å². The number of ether oxygens (including phenoxy) is 1. The Kier molecular flexibility index (Phi) is 6.28. The Labute approximate surface area is 183 Å². The molecule has 8 heteroatoms. The fourth-order valence-corrected chi connectivity index (χ4v) is 3.70. The minimum atomic E-state index is -0.291. The van der Waals surface area contributed by atoms with Crippen LogP contribution >= 0.6 is 11.8 Å². The number of thioether (sulfide) groups is 1. The first-order valence-corrected chi connectivity index (χ1v) is 10.6. The number of amides is 3. The molecule has 0 spiro atoms. The first-order valence-electron chi connectivity index (χ1n) is 9.59. The Morgan fingerprint density at radius 3 is 2.52 bits per heavy atom.